The lowest BCUT2D eigenvalue weighted by Crippen LogP contribution is -2.46. The molecule has 10 nitrogen and oxygen atoms in total. The van der Waals surface area contributed by atoms with Crippen LogP contribution < -0.4 is 25.2 Å². The summed E-state index contributed by atoms with van der Waals surface area (Å²) in [5.74, 6) is 1.34. The summed E-state index contributed by atoms with van der Waals surface area (Å²) in [7, 11) is 4.30. The Kier molecular flexibility index (Phi) is 10.4. The van der Waals surface area contributed by atoms with E-state index in [1.807, 2.05) is 39.1 Å². The molecule has 10 heteroatoms. The van der Waals surface area contributed by atoms with Crippen LogP contribution in [0.4, 0.5) is 5.82 Å². The molecule has 1 atom stereocenters. The molecule has 3 aromatic rings. The number of hydrogen-bond donors (Lipinski definition) is 2. The minimum atomic E-state index is -0.842. The summed E-state index contributed by atoms with van der Waals surface area (Å²) in [6, 6.07) is 8.61. The van der Waals surface area contributed by atoms with E-state index in [-0.39, 0.29) is 23.9 Å². The molecule has 0 spiro atoms. The van der Waals surface area contributed by atoms with Crippen LogP contribution in [-0.4, -0.2) is 84.3 Å². The summed E-state index contributed by atoms with van der Waals surface area (Å²) in [4.78, 5) is 41.8. The number of carbonyl (C=O) groups excluding carboxylic acids is 1. The number of likely N-dealkylation sites (N-methyl/N-ethyl adjacent to an activating group) is 1. The number of amides is 1. The number of pyridine rings is 2. The molecule has 49 heavy (non-hydrogen) atoms. The Morgan fingerprint density at radius 2 is 1.76 bits per heavy atom. The average Bonchev–Trinajstić information content (AvgIpc) is 3.47. The molecule has 1 amide bonds. The highest BCUT2D eigenvalue weighted by molar-refractivity contribution is 5.99. The fourth-order valence-corrected chi connectivity index (χ4v) is 7.88. The Bertz CT molecular complexity index is 1700. The predicted molar refractivity (Wildman–Crippen MR) is 195 cm³/mol. The smallest absolute Gasteiger partial charge is 0.253 e. The van der Waals surface area contributed by atoms with E-state index in [4.69, 9.17) is 14.5 Å². The Balaban J connectivity index is 1.32. The number of H-pyrrole nitrogens is 1. The molecule has 1 saturated carbocycles. The summed E-state index contributed by atoms with van der Waals surface area (Å²) in [6.07, 6.45) is 7.75. The Labute approximate surface area is 291 Å². The molecular formula is C39H54N6O4. The molecule has 3 aliphatic rings. The van der Waals surface area contributed by atoms with Gasteiger partial charge in [0.15, 0.2) is 11.5 Å². The van der Waals surface area contributed by atoms with Crippen LogP contribution >= 0.6 is 0 Å². The van der Waals surface area contributed by atoms with Gasteiger partial charge in [-0.25, -0.2) is 4.98 Å². The molecule has 2 fully saturated rings. The van der Waals surface area contributed by atoms with Crippen molar-refractivity contribution in [1.82, 2.24) is 25.1 Å². The van der Waals surface area contributed by atoms with Gasteiger partial charge in [-0.15, -0.1) is 0 Å². The molecule has 4 heterocycles. The van der Waals surface area contributed by atoms with Crippen LogP contribution in [-0.2, 0) is 13.0 Å². The Hall–Kier alpha value is -3.89. The van der Waals surface area contributed by atoms with Gasteiger partial charge in [0.1, 0.15) is 5.82 Å². The molecule has 1 unspecified atom stereocenters. The Morgan fingerprint density at radius 1 is 1.04 bits per heavy atom. The Morgan fingerprint density at radius 3 is 2.39 bits per heavy atom. The van der Waals surface area contributed by atoms with Gasteiger partial charge in [0.05, 0.1) is 0 Å². The minimum Gasteiger partial charge on any atom is -0.448 e. The number of aryl methyl sites for hydroxylation is 2. The second kappa shape index (κ2) is 14.5. The molecule has 264 valence electrons. The first-order chi connectivity index (χ1) is 23.5. The number of piperazine rings is 1. The standard InChI is InChI=1S/C39H54N6O4/c1-8-10-27-21-25(3)42-38(47)33(27)24-41-37(46)31-22-32(28-11-16-34(40-23-28)45-19-17-44(9-2)18-20-45)36-35(26(31)4)48-39(5,49-36)29-12-14-30(15-13-29)43(6)7/h11,16,21-23,29-30H,8-10,12-15,17-20,24H2,1-7H3,(H,41,46)(H,42,47). The third kappa shape index (κ3) is 7.22. The van der Waals surface area contributed by atoms with Gasteiger partial charge in [-0.2, -0.15) is 0 Å². The van der Waals surface area contributed by atoms with Crippen LogP contribution in [0.2, 0.25) is 0 Å². The third-order valence-corrected chi connectivity index (χ3v) is 11.0. The number of hydrogen-bond acceptors (Lipinski definition) is 8. The summed E-state index contributed by atoms with van der Waals surface area (Å²) in [6.45, 7) is 15.3. The SMILES string of the molecule is CCCc1cc(C)[nH]c(=O)c1CNC(=O)c1cc(-c2ccc(N3CCN(CC)CC3)nc2)c2c(c1C)OC(C)(C1CCC(N(C)C)CC1)O2. The fraction of sp³-hybridized carbons (Fsp3) is 0.564. The van der Waals surface area contributed by atoms with Gasteiger partial charge in [-0.3, -0.25) is 9.59 Å². The van der Waals surface area contributed by atoms with E-state index in [1.165, 1.54) is 0 Å². The number of carbonyl (C=O) groups is 1. The van der Waals surface area contributed by atoms with Crippen LogP contribution in [0.5, 0.6) is 11.5 Å². The maximum Gasteiger partial charge on any atom is 0.253 e. The van der Waals surface area contributed by atoms with Crippen LogP contribution in [0.15, 0.2) is 35.3 Å². The minimum absolute atomic E-state index is 0.140. The quantitative estimate of drug-likeness (QED) is 0.284. The van der Waals surface area contributed by atoms with Crippen molar-refractivity contribution in [2.75, 3.05) is 51.7 Å². The largest absolute Gasteiger partial charge is 0.448 e. The second-order valence-corrected chi connectivity index (χ2v) is 14.5. The molecule has 2 aromatic heterocycles. The second-order valence-electron chi connectivity index (χ2n) is 14.5. The van der Waals surface area contributed by atoms with E-state index < -0.39 is 5.79 Å². The monoisotopic (exact) mass is 670 g/mol. The van der Waals surface area contributed by atoms with Crippen molar-refractivity contribution < 1.29 is 14.3 Å². The van der Waals surface area contributed by atoms with Crippen molar-refractivity contribution in [3.8, 4) is 22.6 Å². The van der Waals surface area contributed by atoms with Crippen LogP contribution in [0.25, 0.3) is 11.1 Å². The van der Waals surface area contributed by atoms with Gasteiger partial charge in [0.25, 0.3) is 17.3 Å². The molecule has 1 saturated heterocycles. The third-order valence-electron chi connectivity index (χ3n) is 11.0. The molecule has 2 N–H and O–H groups in total. The number of nitrogens with zero attached hydrogens (tertiary/aromatic N) is 4. The maximum absolute atomic E-state index is 14.0. The van der Waals surface area contributed by atoms with Crippen molar-refractivity contribution >= 4 is 11.7 Å². The highest BCUT2D eigenvalue weighted by Gasteiger charge is 2.47. The van der Waals surface area contributed by atoms with Crippen molar-refractivity contribution in [2.24, 2.45) is 5.92 Å². The summed E-state index contributed by atoms with van der Waals surface area (Å²) in [5, 5.41) is 3.06. The number of anilines is 1. The number of aromatic amines is 1. The van der Waals surface area contributed by atoms with E-state index in [2.05, 4.69) is 65.1 Å². The van der Waals surface area contributed by atoms with Gasteiger partial charge in [0.2, 0.25) is 0 Å². The summed E-state index contributed by atoms with van der Waals surface area (Å²) < 4.78 is 13.6. The molecule has 0 bridgehead atoms. The van der Waals surface area contributed by atoms with Gasteiger partial charge in [-0.1, -0.05) is 20.3 Å². The van der Waals surface area contributed by atoms with E-state index in [0.29, 0.717) is 28.7 Å². The number of ether oxygens (including phenoxy) is 2. The van der Waals surface area contributed by atoms with E-state index in [0.717, 1.165) is 105 Å². The van der Waals surface area contributed by atoms with Crippen LogP contribution in [0.3, 0.4) is 0 Å². The number of aromatic nitrogens is 2. The lowest BCUT2D eigenvalue weighted by molar-refractivity contribution is -0.123. The first-order valence-electron chi connectivity index (χ1n) is 18.2. The summed E-state index contributed by atoms with van der Waals surface area (Å²) >= 11 is 0. The predicted octanol–water partition coefficient (Wildman–Crippen LogP) is 5.69. The van der Waals surface area contributed by atoms with E-state index >= 15 is 0 Å². The topological polar surface area (TPSA) is 103 Å². The number of fused-ring (bicyclic) bond motifs is 1. The zero-order chi connectivity index (χ0) is 34.9. The fourth-order valence-electron chi connectivity index (χ4n) is 7.88. The van der Waals surface area contributed by atoms with E-state index in [9.17, 15) is 9.59 Å². The summed E-state index contributed by atoms with van der Waals surface area (Å²) in [5.41, 5.74) is 5.10. The van der Waals surface area contributed by atoms with Crippen molar-refractivity contribution in [3.05, 3.63) is 68.8 Å². The van der Waals surface area contributed by atoms with Crippen molar-refractivity contribution in [2.45, 2.75) is 91.5 Å². The van der Waals surface area contributed by atoms with Gasteiger partial charge in [0, 0.05) is 91.3 Å². The molecule has 6 rings (SSSR count). The first kappa shape index (κ1) is 35.0. The lowest BCUT2D eigenvalue weighted by Gasteiger charge is -2.39. The lowest BCUT2D eigenvalue weighted by atomic mass is 9.81. The average molecular weight is 671 g/mol. The van der Waals surface area contributed by atoms with Crippen molar-refractivity contribution in [1.29, 1.82) is 0 Å². The molecule has 2 aliphatic heterocycles. The highest BCUT2D eigenvalue weighted by atomic mass is 16.7. The van der Waals surface area contributed by atoms with Crippen LogP contribution in [0.1, 0.15) is 85.6 Å². The van der Waals surface area contributed by atoms with Gasteiger partial charge in [-0.05, 0) is 96.4 Å². The molecule has 1 aliphatic carbocycles. The van der Waals surface area contributed by atoms with E-state index in [1.54, 1.807) is 0 Å². The normalized spacial score (nSPS) is 22.5. The van der Waals surface area contributed by atoms with Gasteiger partial charge < -0.3 is 34.5 Å². The highest BCUT2D eigenvalue weighted by Crippen LogP contribution is 2.53. The molecular weight excluding hydrogens is 616 g/mol. The maximum atomic E-state index is 14.0. The zero-order valence-corrected chi connectivity index (χ0v) is 30.4. The van der Waals surface area contributed by atoms with Crippen molar-refractivity contribution in [3.63, 3.8) is 0 Å². The van der Waals surface area contributed by atoms with Crippen LogP contribution in [0, 0.1) is 19.8 Å². The molecule has 0 radical (unpaired) electrons. The zero-order valence-electron chi connectivity index (χ0n) is 30.4. The molecule has 1 aromatic carbocycles. The van der Waals surface area contributed by atoms with Gasteiger partial charge >= 0.3 is 0 Å². The number of benzene rings is 1. The number of rotatable bonds is 10. The number of nitrogens with one attached hydrogen (secondary N) is 2. The first-order valence-corrected chi connectivity index (χ1v) is 18.2.